The Hall–Kier alpha value is -1.36. The highest BCUT2D eigenvalue weighted by Gasteiger charge is 2.18. The van der Waals surface area contributed by atoms with E-state index in [4.69, 9.17) is 4.74 Å². The molecule has 1 aromatic heterocycles. The molecule has 1 aromatic rings. The van der Waals surface area contributed by atoms with Crippen LogP contribution in [0.25, 0.3) is 0 Å². The van der Waals surface area contributed by atoms with E-state index in [-0.39, 0.29) is 6.10 Å². The summed E-state index contributed by atoms with van der Waals surface area (Å²) < 4.78 is 5.84. The lowest BCUT2D eigenvalue weighted by molar-refractivity contribution is 0.214. The van der Waals surface area contributed by atoms with Gasteiger partial charge in [-0.25, -0.2) is 4.98 Å². The summed E-state index contributed by atoms with van der Waals surface area (Å²) in [6.07, 6.45) is 5.58. The summed E-state index contributed by atoms with van der Waals surface area (Å²) >= 11 is 0. The fourth-order valence-electron chi connectivity index (χ4n) is 2.37. The maximum Gasteiger partial charge on any atom is 0.228 e. The first-order valence-corrected chi connectivity index (χ1v) is 6.37. The van der Waals surface area contributed by atoms with E-state index in [0.29, 0.717) is 5.88 Å². The Balaban J connectivity index is 1.69. The minimum Gasteiger partial charge on any atom is -0.473 e. The average molecular weight is 234 g/mol. The van der Waals surface area contributed by atoms with Gasteiger partial charge >= 0.3 is 0 Å². The molecule has 3 heterocycles. The third kappa shape index (κ3) is 2.49. The predicted octanol–water partition coefficient (Wildman–Crippen LogP) is 0.817. The van der Waals surface area contributed by atoms with E-state index in [1.807, 2.05) is 6.07 Å². The van der Waals surface area contributed by atoms with Crippen LogP contribution < -0.4 is 15.0 Å². The van der Waals surface area contributed by atoms with Gasteiger partial charge in [-0.15, -0.1) is 0 Å². The van der Waals surface area contributed by atoms with Gasteiger partial charge in [0.25, 0.3) is 0 Å². The molecule has 0 radical (unpaired) electrons. The quantitative estimate of drug-likeness (QED) is 0.839. The van der Waals surface area contributed by atoms with Gasteiger partial charge in [-0.2, -0.15) is 4.98 Å². The molecule has 92 valence electrons. The van der Waals surface area contributed by atoms with Crippen LogP contribution in [0.5, 0.6) is 5.88 Å². The number of nitrogens with one attached hydrogen (secondary N) is 1. The van der Waals surface area contributed by atoms with Crippen molar-refractivity contribution in [3.8, 4) is 5.88 Å². The number of aromatic nitrogens is 2. The second-order valence-electron chi connectivity index (χ2n) is 4.62. The van der Waals surface area contributed by atoms with Gasteiger partial charge < -0.3 is 15.0 Å². The van der Waals surface area contributed by atoms with Crippen molar-refractivity contribution in [3.05, 3.63) is 12.3 Å². The molecule has 0 aromatic carbocycles. The molecule has 2 saturated heterocycles. The Kier molecular flexibility index (Phi) is 3.09. The smallest absolute Gasteiger partial charge is 0.228 e. The molecule has 0 aliphatic carbocycles. The standard InChI is InChI=1S/C12H18N4O/c1-2-8-16(7-1)12-14-6-4-11(15-12)17-10-3-5-13-9-10/h4,6,10,13H,1-3,5,7-9H2. The molecule has 5 nitrogen and oxygen atoms in total. The molecule has 2 fully saturated rings. The predicted molar refractivity (Wildman–Crippen MR) is 65.4 cm³/mol. The van der Waals surface area contributed by atoms with Crippen molar-refractivity contribution in [3.63, 3.8) is 0 Å². The van der Waals surface area contributed by atoms with Gasteiger partial charge in [-0.05, 0) is 25.8 Å². The van der Waals surface area contributed by atoms with Crippen LogP contribution >= 0.6 is 0 Å². The highest BCUT2D eigenvalue weighted by atomic mass is 16.5. The summed E-state index contributed by atoms with van der Waals surface area (Å²) in [6.45, 7) is 4.08. The summed E-state index contributed by atoms with van der Waals surface area (Å²) in [4.78, 5) is 11.0. The zero-order valence-electron chi connectivity index (χ0n) is 9.93. The van der Waals surface area contributed by atoms with E-state index >= 15 is 0 Å². The second kappa shape index (κ2) is 4.87. The summed E-state index contributed by atoms with van der Waals surface area (Å²) in [5, 5.41) is 3.28. The molecule has 5 heteroatoms. The van der Waals surface area contributed by atoms with Crippen LogP contribution in [0.15, 0.2) is 12.3 Å². The van der Waals surface area contributed by atoms with Crippen LogP contribution in [-0.4, -0.2) is 42.3 Å². The molecular formula is C12H18N4O. The minimum atomic E-state index is 0.260. The first-order chi connectivity index (χ1) is 8.42. The Morgan fingerprint density at radius 3 is 3.00 bits per heavy atom. The number of ether oxygens (including phenoxy) is 1. The Bertz CT molecular complexity index is 373. The lowest BCUT2D eigenvalue weighted by Gasteiger charge is -2.16. The molecule has 2 aliphatic heterocycles. The monoisotopic (exact) mass is 234 g/mol. The van der Waals surface area contributed by atoms with Crippen LogP contribution in [0, 0.1) is 0 Å². The topological polar surface area (TPSA) is 50.3 Å². The van der Waals surface area contributed by atoms with Crippen molar-refractivity contribution in [2.24, 2.45) is 0 Å². The summed E-state index contributed by atoms with van der Waals surface area (Å²) in [6, 6.07) is 1.85. The molecule has 0 amide bonds. The van der Waals surface area contributed by atoms with E-state index in [9.17, 15) is 0 Å². The number of hydrogen-bond donors (Lipinski definition) is 1. The van der Waals surface area contributed by atoms with Crippen molar-refractivity contribution in [2.75, 3.05) is 31.1 Å². The lowest BCUT2D eigenvalue weighted by atomic mass is 10.3. The molecular weight excluding hydrogens is 216 g/mol. The Morgan fingerprint density at radius 1 is 1.35 bits per heavy atom. The number of nitrogens with zero attached hydrogens (tertiary/aromatic N) is 3. The van der Waals surface area contributed by atoms with Gasteiger partial charge in [0.1, 0.15) is 6.10 Å². The second-order valence-corrected chi connectivity index (χ2v) is 4.62. The van der Waals surface area contributed by atoms with Gasteiger partial charge in [0.2, 0.25) is 11.8 Å². The van der Waals surface area contributed by atoms with E-state index in [0.717, 1.165) is 38.5 Å². The molecule has 1 atom stereocenters. The van der Waals surface area contributed by atoms with Gasteiger partial charge in [0.15, 0.2) is 0 Å². The maximum atomic E-state index is 5.84. The van der Waals surface area contributed by atoms with Crippen molar-refractivity contribution in [1.29, 1.82) is 0 Å². The van der Waals surface area contributed by atoms with Crippen LogP contribution in [0.4, 0.5) is 5.95 Å². The highest BCUT2D eigenvalue weighted by molar-refractivity contribution is 5.33. The third-order valence-corrected chi connectivity index (χ3v) is 3.31. The molecule has 17 heavy (non-hydrogen) atoms. The minimum absolute atomic E-state index is 0.260. The van der Waals surface area contributed by atoms with Crippen molar-refractivity contribution >= 4 is 5.95 Å². The van der Waals surface area contributed by atoms with Crippen LogP contribution in [0.1, 0.15) is 19.3 Å². The van der Waals surface area contributed by atoms with Gasteiger partial charge in [-0.3, -0.25) is 0 Å². The maximum absolute atomic E-state index is 5.84. The molecule has 3 rings (SSSR count). The molecule has 2 aliphatic rings. The van der Waals surface area contributed by atoms with Crippen LogP contribution in [0.2, 0.25) is 0 Å². The number of rotatable bonds is 3. The van der Waals surface area contributed by atoms with Gasteiger partial charge in [-0.1, -0.05) is 0 Å². The van der Waals surface area contributed by atoms with Crippen molar-refractivity contribution in [2.45, 2.75) is 25.4 Å². The zero-order chi connectivity index (χ0) is 11.5. The van der Waals surface area contributed by atoms with E-state index in [1.165, 1.54) is 12.8 Å². The number of hydrogen-bond acceptors (Lipinski definition) is 5. The first kappa shape index (κ1) is 10.8. The summed E-state index contributed by atoms with van der Waals surface area (Å²) in [5.41, 5.74) is 0. The highest BCUT2D eigenvalue weighted by Crippen LogP contribution is 2.19. The summed E-state index contributed by atoms with van der Waals surface area (Å²) in [7, 11) is 0. The lowest BCUT2D eigenvalue weighted by Crippen LogP contribution is -2.22. The third-order valence-electron chi connectivity index (χ3n) is 3.31. The van der Waals surface area contributed by atoms with Crippen LogP contribution in [0.3, 0.4) is 0 Å². The fraction of sp³-hybridized carbons (Fsp3) is 0.667. The fourth-order valence-corrected chi connectivity index (χ4v) is 2.37. The molecule has 0 spiro atoms. The number of anilines is 1. The SMILES string of the molecule is c1cc(OC2CCNC2)nc(N2CCCC2)n1. The van der Waals surface area contributed by atoms with E-state index in [2.05, 4.69) is 20.2 Å². The average Bonchev–Trinajstić information content (AvgIpc) is 3.01. The van der Waals surface area contributed by atoms with Crippen molar-refractivity contribution < 1.29 is 4.74 Å². The Morgan fingerprint density at radius 2 is 2.24 bits per heavy atom. The van der Waals surface area contributed by atoms with E-state index < -0.39 is 0 Å². The van der Waals surface area contributed by atoms with Gasteiger partial charge in [0, 0.05) is 31.9 Å². The molecule has 1 unspecified atom stereocenters. The van der Waals surface area contributed by atoms with Crippen LogP contribution in [-0.2, 0) is 0 Å². The largest absolute Gasteiger partial charge is 0.473 e. The molecule has 0 bridgehead atoms. The molecule has 1 N–H and O–H groups in total. The van der Waals surface area contributed by atoms with Crippen molar-refractivity contribution in [1.82, 2.24) is 15.3 Å². The normalized spacial score (nSPS) is 24.2. The van der Waals surface area contributed by atoms with E-state index in [1.54, 1.807) is 6.20 Å². The zero-order valence-corrected chi connectivity index (χ0v) is 9.93. The molecule has 0 saturated carbocycles. The van der Waals surface area contributed by atoms with Gasteiger partial charge in [0.05, 0.1) is 0 Å². The first-order valence-electron chi connectivity index (χ1n) is 6.37. The summed E-state index contributed by atoms with van der Waals surface area (Å²) in [5.74, 6) is 1.52. The Labute approximate surface area is 101 Å².